The van der Waals surface area contributed by atoms with E-state index in [9.17, 15) is 15.0 Å². The van der Waals surface area contributed by atoms with Gasteiger partial charge in [-0.2, -0.15) is 0 Å². The lowest BCUT2D eigenvalue weighted by Crippen LogP contribution is -2.41. The Morgan fingerprint density at radius 2 is 2.00 bits per heavy atom. The molecule has 1 amide bonds. The van der Waals surface area contributed by atoms with Crippen molar-refractivity contribution in [3.8, 4) is 0 Å². The van der Waals surface area contributed by atoms with Gasteiger partial charge in [0, 0.05) is 24.5 Å². The summed E-state index contributed by atoms with van der Waals surface area (Å²) in [5.74, 6) is -0.167. The standard InChI is InChI=1S/C14H21N3O3/c1-8-5-10(15)3-4-11(8)16-14(20)9(2)17-6-12(18)13(19)7-17/h3-5,9,12-13,18-19H,6-7,15H2,1-2H3,(H,16,20). The van der Waals surface area contributed by atoms with Gasteiger partial charge in [0.15, 0.2) is 0 Å². The molecule has 0 spiro atoms. The first-order valence-electron chi connectivity index (χ1n) is 6.65. The van der Waals surface area contributed by atoms with Gasteiger partial charge >= 0.3 is 0 Å². The van der Waals surface area contributed by atoms with Crippen LogP contribution in [0.4, 0.5) is 11.4 Å². The Bertz CT molecular complexity index is 496. The average molecular weight is 279 g/mol. The van der Waals surface area contributed by atoms with Gasteiger partial charge in [-0.15, -0.1) is 0 Å². The molecule has 0 aromatic heterocycles. The van der Waals surface area contributed by atoms with Gasteiger partial charge in [0.05, 0.1) is 18.2 Å². The topological polar surface area (TPSA) is 98.8 Å². The van der Waals surface area contributed by atoms with Crippen molar-refractivity contribution in [2.24, 2.45) is 0 Å². The molecule has 1 heterocycles. The molecule has 20 heavy (non-hydrogen) atoms. The molecule has 3 atom stereocenters. The normalized spacial score (nSPS) is 24.6. The van der Waals surface area contributed by atoms with E-state index in [0.717, 1.165) is 11.3 Å². The molecule has 0 aliphatic carbocycles. The molecule has 1 fully saturated rings. The maximum Gasteiger partial charge on any atom is 0.241 e. The summed E-state index contributed by atoms with van der Waals surface area (Å²) in [5, 5.41) is 21.9. The molecular weight excluding hydrogens is 258 g/mol. The van der Waals surface area contributed by atoms with Crippen molar-refractivity contribution in [3.63, 3.8) is 0 Å². The Kier molecular flexibility index (Phi) is 4.27. The van der Waals surface area contributed by atoms with Gasteiger partial charge in [0.2, 0.25) is 5.91 Å². The highest BCUT2D eigenvalue weighted by Gasteiger charge is 2.34. The molecule has 1 aromatic rings. The van der Waals surface area contributed by atoms with Gasteiger partial charge in [-0.05, 0) is 37.6 Å². The van der Waals surface area contributed by atoms with Crippen LogP contribution in [0.2, 0.25) is 0 Å². The minimum Gasteiger partial charge on any atom is -0.399 e. The minimum atomic E-state index is -0.788. The summed E-state index contributed by atoms with van der Waals surface area (Å²) >= 11 is 0. The van der Waals surface area contributed by atoms with Crippen molar-refractivity contribution < 1.29 is 15.0 Å². The van der Waals surface area contributed by atoms with Crippen molar-refractivity contribution in [1.82, 2.24) is 4.90 Å². The van der Waals surface area contributed by atoms with Crippen LogP contribution in [0, 0.1) is 6.92 Å². The van der Waals surface area contributed by atoms with E-state index >= 15 is 0 Å². The summed E-state index contributed by atoms with van der Waals surface area (Å²) in [6, 6.07) is 4.88. The largest absolute Gasteiger partial charge is 0.399 e. The van der Waals surface area contributed by atoms with Crippen LogP contribution >= 0.6 is 0 Å². The fourth-order valence-electron chi connectivity index (χ4n) is 2.34. The number of likely N-dealkylation sites (tertiary alicyclic amines) is 1. The molecule has 2 rings (SSSR count). The average Bonchev–Trinajstić information content (AvgIpc) is 2.72. The summed E-state index contributed by atoms with van der Waals surface area (Å²) in [4.78, 5) is 14.0. The fraction of sp³-hybridized carbons (Fsp3) is 0.500. The van der Waals surface area contributed by atoms with Gasteiger partial charge < -0.3 is 21.3 Å². The molecule has 5 N–H and O–H groups in total. The molecule has 1 aromatic carbocycles. The first kappa shape index (κ1) is 14.8. The Morgan fingerprint density at radius 3 is 2.55 bits per heavy atom. The lowest BCUT2D eigenvalue weighted by Gasteiger charge is -2.23. The van der Waals surface area contributed by atoms with E-state index in [0.29, 0.717) is 18.8 Å². The van der Waals surface area contributed by atoms with Gasteiger partial charge in [-0.3, -0.25) is 9.69 Å². The number of amides is 1. The number of nitrogens with zero attached hydrogens (tertiary/aromatic N) is 1. The van der Waals surface area contributed by atoms with E-state index in [-0.39, 0.29) is 5.91 Å². The SMILES string of the molecule is Cc1cc(N)ccc1NC(=O)C(C)N1CC(O)C(O)C1. The van der Waals surface area contributed by atoms with Gasteiger partial charge in [-0.1, -0.05) is 0 Å². The van der Waals surface area contributed by atoms with E-state index in [4.69, 9.17) is 5.73 Å². The van der Waals surface area contributed by atoms with E-state index in [1.165, 1.54) is 0 Å². The summed E-state index contributed by atoms with van der Waals surface area (Å²) in [6.45, 7) is 4.24. The molecule has 0 bridgehead atoms. The second-order valence-corrected chi connectivity index (χ2v) is 5.33. The number of β-amino-alcohol motifs (C(OH)–C–C–N with tert-alkyl or cyclic N) is 2. The highest BCUT2D eigenvalue weighted by molar-refractivity contribution is 5.95. The third-order valence-corrected chi connectivity index (χ3v) is 3.72. The second-order valence-electron chi connectivity index (χ2n) is 5.33. The van der Waals surface area contributed by atoms with Crippen molar-refractivity contribution in [1.29, 1.82) is 0 Å². The number of aryl methyl sites for hydroxylation is 1. The number of nitrogens with two attached hydrogens (primary N) is 1. The number of aliphatic hydroxyl groups excluding tert-OH is 2. The van der Waals surface area contributed by atoms with Crippen LogP contribution in [0.3, 0.4) is 0 Å². The molecule has 6 heteroatoms. The number of rotatable bonds is 3. The molecule has 6 nitrogen and oxygen atoms in total. The molecular formula is C14H21N3O3. The number of aliphatic hydroxyl groups is 2. The molecule has 1 saturated heterocycles. The highest BCUT2D eigenvalue weighted by atomic mass is 16.3. The van der Waals surface area contributed by atoms with Gasteiger partial charge in [0.25, 0.3) is 0 Å². The summed E-state index contributed by atoms with van der Waals surface area (Å²) in [6.07, 6.45) is -1.58. The molecule has 1 aliphatic heterocycles. The number of carbonyl (C=O) groups excluding carboxylic acids is 1. The number of carbonyl (C=O) groups is 1. The zero-order valence-corrected chi connectivity index (χ0v) is 11.7. The number of hydrogen-bond donors (Lipinski definition) is 4. The highest BCUT2D eigenvalue weighted by Crippen LogP contribution is 2.19. The number of hydrogen-bond acceptors (Lipinski definition) is 5. The zero-order chi connectivity index (χ0) is 14.9. The van der Waals surface area contributed by atoms with Crippen LogP contribution in [0.5, 0.6) is 0 Å². The minimum absolute atomic E-state index is 0.167. The molecule has 3 unspecified atom stereocenters. The van der Waals surface area contributed by atoms with Gasteiger partial charge in [-0.25, -0.2) is 0 Å². The smallest absolute Gasteiger partial charge is 0.241 e. The third-order valence-electron chi connectivity index (χ3n) is 3.72. The molecule has 1 aliphatic rings. The van der Waals surface area contributed by atoms with Crippen LogP contribution in [0.15, 0.2) is 18.2 Å². The van der Waals surface area contributed by atoms with E-state index in [1.54, 1.807) is 30.0 Å². The van der Waals surface area contributed by atoms with Gasteiger partial charge in [0.1, 0.15) is 0 Å². The maximum absolute atomic E-state index is 12.2. The van der Waals surface area contributed by atoms with E-state index in [2.05, 4.69) is 5.32 Å². The first-order chi connectivity index (χ1) is 9.38. The lowest BCUT2D eigenvalue weighted by atomic mass is 10.1. The van der Waals surface area contributed by atoms with Crippen molar-refractivity contribution in [2.45, 2.75) is 32.1 Å². The van der Waals surface area contributed by atoms with Crippen LogP contribution in [-0.2, 0) is 4.79 Å². The molecule has 110 valence electrons. The van der Waals surface area contributed by atoms with Crippen molar-refractivity contribution in [3.05, 3.63) is 23.8 Å². The predicted octanol–water partition coefficient (Wildman–Crippen LogP) is -0.0584. The van der Waals surface area contributed by atoms with Crippen LogP contribution in [0.1, 0.15) is 12.5 Å². The molecule has 0 radical (unpaired) electrons. The Balaban J connectivity index is 2.01. The third kappa shape index (κ3) is 3.09. The Morgan fingerprint density at radius 1 is 1.40 bits per heavy atom. The maximum atomic E-state index is 12.2. The van der Waals surface area contributed by atoms with Crippen LogP contribution in [-0.4, -0.2) is 52.4 Å². The lowest BCUT2D eigenvalue weighted by molar-refractivity contribution is -0.120. The number of nitrogen functional groups attached to an aromatic ring is 1. The van der Waals surface area contributed by atoms with E-state index < -0.39 is 18.2 Å². The molecule has 0 saturated carbocycles. The Labute approximate surface area is 118 Å². The number of benzene rings is 1. The number of nitrogens with one attached hydrogen (secondary N) is 1. The fourth-order valence-corrected chi connectivity index (χ4v) is 2.34. The van der Waals surface area contributed by atoms with Crippen molar-refractivity contribution in [2.75, 3.05) is 24.1 Å². The second kappa shape index (κ2) is 5.78. The van der Waals surface area contributed by atoms with Crippen LogP contribution in [0.25, 0.3) is 0 Å². The Hall–Kier alpha value is -1.63. The van der Waals surface area contributed by atoms with E-state index in [1.807, 2.05) is 6.92 Å². The predicted molar refractivity (Wildman–Crippen MR) is 77.3 cm³/mol. The number of anilines is 2. The summed E-state index contributed by atoms with van der Waals surface area (Å²) in [5.41, 5.74) is 7.94. The summed E-state index contributed by atoms with van der Waals surface area (Å²) in [7, 11) is 0. The summed E-state index contributed by atoms with van der Waals surface area (Å²) < 4.78 is 0. The first-order valence-corrected chi connectivity index (χ1v) is 6.65. The van der Waals surface area contributed by atoms with Crippen molar-refractivity contribution >= 4 is 17.3 Å². The quantitative estimate of drug-likeness (QED) is 0.581. The zero-order valence-electron chi connectivity index (χ0n) is 11.7. The van der Waals surface area contributed by atoms with Crippen LogP contribution < -0.4 is 11.1 Å². The monoisotopic (exact) mass is 279 g/mol.